The molecule has 1 N–H and O–H groups in total. The van der Waals surface area contributed by atoms with Gasteiger partial charge >= 0.3 is 30.1 Å². The summed E-state index contributed by atoms with van der Waals surface area (Å²) >= 11 is 0. The molecule has 0 saturated carbocycles. The van der Waals surface area contributed by atoms with Gasteiger partial charge in [0.15, 0.2) is 0 Å². The molecule has 1 aliphatic rings. The molecule has 59 heavy (non-hydrogen) atoms. The molecule has 2 atom stereocenters. The van der Waals surface area contributed by atoms with Gasteiger partial charge in [-0.15, -0.1) is 0 Å². The summed E-state index contributed by atoms with van der Waals surface area (Å²) in [7, 11) is 0. The van der Waals surface area contributed by atoms with Crippen LogP contribution in [0, 0.1) is 0 Å². The Morgan fingerprint density at radius 1 is 0.814 bits per heavy atom. The minimum absolute atomic E-state index is 0.112. The Labute approximate surface area is 334 Å². The summed E-state index contributed by atoms with van der Waals surface area (Å²) in [5, 5.41) is 8.80. The molecule has 0 bridgehead atoms. The second-order valence-corrected chi connectivity index (χ2v) is 13.4. The van der Waals surface area contributed by atoms with Crippen molar-refractivity contribution in [3.63, 3.8) is 0 Å². The van der Waals surface area contributed by atoms with Crippen LogP contribution in [-0.2, 0) is 32.1 Å². The molecule has 1 aromatic heterocycles. The van der Waals surface area contributed by atoms with Crippen molar-refractivity contribution in [2.24, 2.45) is 0 Å². The zero-order valence-corrected chi connectivity index (χ0v) is 32.0. The Morgan fingerprint density at radius 3 is 1.86 bits per heavy atom. The quantitative estimate of drug-likeness (QED) is 0.0764. The Kier molecular flexibility index (Phi) is 18.0. The summed E-state index contributed by atoms with van der Waals surface area (Å²) in [6, 6.07) is 31.8. The van der Waals surface area contributed by atoms with Crippen molar-refractivity contribution in [1.82, 2.24) is 20.0 Å². The van der Waals surface area contributed by atoms with E-state index < -0.39 is 36.4 Å². The molecular weight excluding hydrogens is 799 g/mol. The molecule has 1 fully saturated rings. The van der Waals surface area contributed by atoms with Crippen molar-refractivity contribution < 1.29 is 63.4 Å². The highest BCUT2D eigenvalue weighted by atomic mass is 19.4. The van der Waals surface area contributed by atoms with Crippen LogP contribution in [-0.4, -0.2) is 77.2 Å². The zero-order chi connectivity index (χ0) is 43.8. The Bertz CT molecular complexity index is 1900. The number of carbonyl (C=O) groups excluding carboxylic acids is 4. The number of Topliss-reactive ketones (excluding diaryl/α,β-unsaturated/α-hetero) is 2. The molecule has 4 aromatic rings. The van der Waals surface area contributed by atoms with Gasteiger partial charge in [0.1, 0.15) is 5.75 Å². The number of hydrogen-bond donors (Lipinski definition) is 1. The number of aryl methyl sites for hydroxylation is 1. The van der Waals surface area contributed by atoms with Gasteiger partial charge in [0.2, 0.25) is 6.29 Å². The molecule has 18 heteroatoms. The summed E-state index contributed by atoms with van der Waals surface area (Å²) in [5.41, 5.74) is 6.28. The number of aldehydes is 1. The molecule has 0 radical (unpaired) electrons. The van der Waals surface area contributed by atoms with E-state index in [4.69, 9.17) is 14.6 Å². The van der Waals surface area contributed by atoms with Crippen LogP contribution < -0.4 is 10.1 Å². The number of piperidine rings is 1. The number of aromatic nitrogens is 2. The molecule has 0 amide bonds. The zero-order valence-electron chi connectivity index (χ0n) is 32.0. The van der Waals surface area contributed by atoms with Crippen molar-refractivity contribution in [3.8, 4) is 5.75 Å². The molecule has 1 aliphatic heterocycles. The number of nitrogens with one attached hydrogen (secondary N) is 1. The lowest BCUT2D eigenvalue weighted by Gasteiger charge is -2.33. The standard InChI is InChI=1S/C35H42N4O2.C4F6O2.C2HF3O/c1-3-39-35(25-32(37-39)23-28-11-6-4-7-12-28)30-17-20-38(21-18-30)22-19-34(29-13-8-5-9-14-29)36-27(2)31-15-10-16-33(24-31)41-26-40;5-3(6,7)1(11)2(12)4(8,9)10;3-2(4,5)1-6/h4-16,24-27,30,34,36H,3,17-23H2,1-2H3;;1H/t27?,34-;;/m0../s1. The van der Waals surface area contributed by atoms with Gasteiger partial charge in [0.05, 0.1) is 5.69 Å². The molecule has 1 saturated heterocycles. The van der Waals surface area contributed by atoms with Gasteiger partial charge in [-0.2, -0.15) is 44.6 Å². The van der Waals surface area contributed by atoms with E-state index in [1.165, 1.54) is 35.4 Å². The van der Waals surface area contributed by atoms with Crippen LogP contribution in [0.3, 0.4) is 0 Å². The molecule has 2 heterocycles. The minimum Gasteiger partial charge on any atom is -0.429 e. The van der Waals surface area contributed by atoms with Crippen molar-refractivity contribution in [2.75, 3.05) is 19.6 Å². The predicted molar refractivity (Wildman–Crippen MR) is 198 cm³/mol. The minimum atomic E-state index is -5.77. The number of ether oxygens (including phenoxy) is 1. The van der Waals surface area contributed by atoms with Crippen LogP contribution in [0.15, 0.2) is 91.0 Å². The second-order valence-electron chi connectivity index (χ2n) is 13.4. The van der Waals surface area contributed by atoms with Crippen LogP contribution in [0.1, 0.15) is 79.2 Å². The lowest BCUT2D eigenvalue weighted by Crippen LogP contribution is -2.39. The molecule has 5 rings (SSSR count). The molecule has 1 unspecified atom stereocenters. The fourth-order valence-corrected chi connectivity index (χ4v) is 6.32. The maximum atomic E-state index is 11.2. The van der Waals surface area contributed by atoms with E-state index in [0.29, 0.717) is 18.1 Å². The topological polar surface area (TPSA) is 111 Å². The Hall–Kier alpha value is -5.36. The molecular formula is C41H43F9N4O5. The van der Waals surface area contributed by atoms with Crippen molar-refractivity contribution in [1.29, 1.82) is 0 Å². The number of benzene rings is 3. The number of alkyl halides is 9. The summed E-state index contributed by atoms with van der Waals surface area (Å²) < 4.78 is 106. The lowest BCUT2D eigenvalue weighted by molar-refractivity contribution is -0.193. The number of ketones is 2. The number of carbonyl (C=O) groups is 4. The maximum Gasteiger partial charge on any atom is 0.458 e. The molecule has 0 spiro atoms. The summed E-state index contributed by atoms with van der Waals surface area (Å²) in [4.78, 5) is 41.4. The first-order valence-corrected chi connectivity index (χ1v) is 18.4. The smallest absolute Gasteiger partial charge is 0.429 e. The lowest BCUT2D eigenvalue weighted by atomic mass is 9.92. The first-order chi connectivity index (χ1) is 27.7. The normalized spacial score (nSPS) is 14.8. The second kappa shape index (κ2) is 22.1. The van der Waals surface area contributed by atoms with Gasteiger partial charge in [-0.05, 0) is 87.6 Å². The fraction of sp³-hybridized carbons (Fsp3) is 0.390. The van der Waals surface area contributed by atoms with E-state index in [1.807, 2.05) is 12.1 Å². The van der Waals surface area contributed by atoms with E-state index in [9.17, 15) is 53.9 Å². The van der Waals surface area contributed by atoms with Gasteiger partial charge in [0.25, 0.3) is 6.47 Å². The largest absolute Gasteiger partial charge is 0.458 e. The van der Waals surface area contributed by atoms with Crippen LogP contribution in [0.4, 0.5) is 39.5 Å². The average molecular weight is 843 g/mol. The van der Waals surface area contributed by atoms with E-state index in [1.54, 1.807) is 6.07 Å². The highest BCUT2D eigenvalue weighted by Crippen LogP contribution is 2.31. The highest BCUT2D eigenvalue weighted by Gasteiger charge is 2.54. The van der Waals surface area contributed by atoms with Crippen molar-refractivity contribution in [3.05, 3.63) is 119 Å². The van der Waals surface area contributed by atoms with Crippen LogP contribution in [0.5, 0.6) is 5.75 Å². The first kappa shape index (κ1) is 48.0. The monoisotopic (exact) mass is 842 g/mol. The molecule has 3 aromatic carbocycles. The third-order valence-corrected chi connectivity index (χ3v) is 9.18. The summed E-state index contributed by atoms with van der Waals surface area (Å²) in [6.07, 6.45) is -13.0. The number of halogens is 9. The highest BCUT2D eigenvalue weighted by molar-refractivity contribution is 6.41. The Balaban J connectivity index is 0.000000431. The van der Waals surface area contributed by atoms with Gasteiger partial charge in [-0.1, -0.05) is 72.8 Å². The van der Waals surface area contributed by atoms with Crippen LogP contribution >= 0.6 is 0 Å². The van der Waals surface area contributed by atoms with Crippen LogP contribution in [0.2, 0.25) is 0 Å². The number of nitrogens with zero attached hydrogens (tertiary/aromatic N) is 3. The average Bonchev–Trinajstić information content (AvgIpc) is 3.62. The molecule has 9 nitrogen and oxygen atoms in total. The predicted octanol–water partition coefficient (Wildman–Crippen LogP) is 8.69. The SMILES string of the molecule is CCn1nc(Cc2ccccc2)cc1C1CCN(CC[C@H](NC(C)c2cccc(OC=O)c2)c2ccccc2)CC1.O=C(C(=O)C(F)(F)F)C(F)(F)F.O=CC(F)(F)F. The third-order valence-electron chi connectivity index (χ3n) is 9.18. The van der Waals surface area contributed by atoms with E-state index in [0.717, 1.165) is 44.6 Å². The number of rotatable bonds is 14. The third kappa shape index (κ3) is 16.1. The van der Waals surface area contributed by atoms with Gasteiger partial charge < -0.3 is 15.0 Å². The summed E-state index contributed by atoms with van der Waals surface area (Å²) in [5.74, 6) is -5.68. The maximum absolute atomic E-state index is 11.2. The van der Waals surface area contributed by atoms with Crippen LogP contribution in [0.25, 0.3) is 0 Å². The van der Waals surface area contributed by atoms with Gasteiger partial charge in [0, 0.05) is 36.7 Å². The summed E-state index contributed by atoms with van der Waals surface area (Å²) in [6.45, 7) is 9.02. The Morgan fingerprint density at radius 2 is 1.36 bits per heavy atom. The number of likely N-dealkylation sites (tertiary alicyclic amines) is 1. The fourth-order valence-electron chi connectivity index (χ4n) is 6.32. The molecule has 320 valence electrons. The van der Waals surface area contributed by atoms with Crippen molar-refractivity contribution >= 4 is 24.3 Å². The van der Waals surface area contributed by atoms with E-state index in [2.05, 4.69) is 102 Å². The van der Waals surface area contributed by atoms with E-state index >= 15 is 0 Å². The van der Waals surface area contributed by atoms with Gasteiger partial charge in [-0.25, -0.2) is 0 Å². The van der Waals surface area contributed by atoms with Crippen molar-refractivity contribution in [2.45, 2.75) is 82.6 Å². The van der Waals surface area contributed by atoms with E-state index in [-0.39, 0.29) is 12.1 Å². The number of hydrogen-bond acceptors (Lipinski definition) is 8. The molecule has 0 aliphatic carbocycles. The first-order valence-electron chi connectivity index (χ1n) is 18.4. The van der Waals surface area contributed by atoms with Gasteiger partial charge in [-0.3, -0.25) is 23.9 Å².